The Morgan fingerprint density at radius 1 is 1.17 bits per heavy atom. The molecule has 0 aliphatic carbocycles. The normalized spacial score (nSPS) is 13.9. The summed E-state index contributed by atoms with van der Waals surface area (Å²) >= 11 is 0. The summed E-state index contributed by atoms with van der Waals surface area (Å²) in [4.78, 5) is 26.8. The number of hydrogen-bond acceptors (Lipinski definition) is 5. The predicted molar refractivity (Wildman–Crippen MR) is 113 cm³/mol. The zero-order chi connectivity index (χ0) is 21.9. The number of anilines is 1. The van der Waals surface area contributed by atoms with Crippen LogP contribution in [0, 0.1) is 0 Å². The number of carbonyl (C=O) groups is 2. The monoisotopic (exact) mass is 433 g/mol. The van der Waals surface area contributed by atoms with Crippen molar-refractivity contribution in [3.05, 3.63) is 47.8 Å². The van der Waals surface area contributed by atoms with E-state index in [1.54, 1.807) is 25.8 Å². The molecule has 9 heteroatoms. The molecule has 1 aromatic heterocycles. The molecule has 3 rings (SSSR count). The first-order valence-electron chi connectivity index (χ1n) is 10.0. The van der Waals surface area contributed by atoms with Gasteiger partial charge in [0, 0.05) is 38.6 Å². The van der Waals surface area contributed by atoms with E-state index in [1.165, 1.54) is 21.1 Å². The van der Waals surface area contributed by atoms with Gasteiger partial charge in [0.25, 0.3) is 5.91 Å². The summed E-state index contributed by atoms with van der Waals surface area (Å²) in [6.45, 7) is 4.34. The minimum absolute atomic E-state index is 0.0249. The summed E-state index contributed by atoms with van der Waals surface area (Å²) < 4.78 is 33.3. The van der Waals surface area contributed by atoms with Crippen LogP contribution >= 0.6 is 0 Å². The van der Waals surface area contributed by atoms with Crippen LogP contribution in [0.1, 0.15) is 36.3 Å². The van der Waals surface area contributed by atoms with Crippen LogP contribution in [0.4, 0.5) is 5.69 Å². The zero-order valence-corrected chi connectivity index (χ0v) is 18.3. The van der Waals surface area contributed by atoms with Crippen molar-refractivity contribution < 1.29 is 22.7 Å². The van der Waals surface area contributed by atoms with E-state index in [1.807, 2.05) is 24.3 Å². The number of fused-ring (bicyclic) bond motifs is 1. The molecule has 0 N–H and O–H groups in total. The molecular formula is C21H27N3O5S. The van der Waals surface area contributed by atoms with Gasteiger partial charge in [0.2, 0.25) is 10.0 Å². The fourth-order valence-corrected chi connectivity index (χ4v) is 5.19. The van der Waals surface area contributed by atoms with Gasteiger partial charge in [-0.1, -0.05) is 32.0 Å². The number of benzene rings is 1. The van der Waals surface area contributed by atoms with Crippen molar-refractivity contribution in [1.29, 1.82) is 0 Å². The topological polar surface area (TPSA) is 88.9 Å². The molecule has 162 valence electrons. The number of amides is 1. The highest BCUT2D eigenvalue weighted by atomic mass is 32.2. The number of hydrogen-bond donors (Lipinski definition) is 0. The number of para-hydroxylation sites is 1. The Morgan fingerprint density at radius 2 is 1.87 bits per heavy atom. The highest BCUT2D eigenvalue weighted by Crippen LogP contribution is 2.26. The Kier molecular flexibility index (Phi) is 6.62. The summed E-state index contributed by atoms with van der Waals surface area (Å²) in [6.07, 6.45) is 3.14. The zero-order valence-electron chi connectivity index (χ0n) is 17.5. The summed E-state index contributed by atoms with van der Waals surface area (Å²) in [5, 5.41) is 0. The van der Waals surface area contributed by atoms with E-state index >= 15 is 0 Å². The summed E-state index contributed by atoms with van der Waals surface area (Å²) in [6, 6.07) is 8.97. The van der Waals surface area contributed by atoms with Gasteiger partial charge in [0.1, 0.15) is 10.6 Å². The van der Waals surface area contributed by atoms with Crippen LogP contribution in [-0.2, 0) is 33.0 Å². The van der Waals surface area contributed by atoms with Crippen molar-refractivity contribution in [3.63, 3.8) is 0 Å². The van der Waals surface area contributed by atoms with Gasteiger partial charge in [0.05, 0.1) is 0 Å². The molecule has 1 aliphatic rings. The molecule has 1 aromatic carbocycles. The van der Waals surface area contributed by atoms with Gasteiger partial charge in [-0.15, -0.1) is 0 Å². The van der Waals surface area contributed by atoms with Gasteiger partial charge in [-0.3, -0.25) is 4.79 Å². The van der Waals surface area contributed by atoms with Gasteiger partial charge in [-0.05, 0) is 30.5 Å². The molecule has 0 atom stereocenters. The van der Waals surface area contributed by atoms with E-state index in [0.29, 0.717) is 19.6 Å². The number of carbonyl (C=O) groups excluding carboxylic acids is 2. The average molecular weight is 434 g/mol. The van der Waals surface area contributed by atoms with Crippen LogP contribution in [0.5, 0.6) is 0 Å². The Balaban J connectivity index is 1.71. The molecule has 0 spiro atoms. The Bertz CT molecular complexity index is 1040. The lowest BCUT2D eigenvalue weighted by molar-refractivity contribution is -0.121. The number of sulfonamides is 1. The van der Waals surface area contributed by atoms with Crippen molar-refractivity contribution in [1.82, 2.24) is 8.87 Å². The van der Waals surface area contributed by atoms with Crippen molar-refractivity contribution in [3.8, 4) is 0 Å². The van der Waals surface area contributed by atoms with Crippen LogP contribution in [0.15, 0.2) is 41.4 Å². The first-order valence-corrected chi connectivity index (χ1v) is 11.5. The molecular weight excluding hydrogens is 406 g/mol. The lowest BCUT2D eigenvalue weighted by Gasteiger charge is -2.29. The van der Waals surface area contributed by atoms with Crippen LogP contribution in [0.2, 0.25) is 0 Å². The van der Waals surface area contributed by atoms with Crippen LogP contribution in [0.25, 0.3) is 0 Å². The van der Waals surface area contributed by atoms with E-state index in [-0.39, 0.29) is 16.5 Å². The second-order valence-electron chi connectivity index (χ2n) is 7.12. The van der Waals surface area contributed by atoms with E-state index in [2.05, 4.69) is 0 Å². The Labute approximate surface area is 177 Å². The van der Waals surface area contributed by atoms with Crippen molar-refractivity contribution in [2.45, 2.75) is 31.6 Å². The number of nitrogens with zero attached hydrogens (tertiary/aromatic N) is 3. The van der Waals surface area contributed by atoms with E-state index in [9.17, 15) is 18.0 Å². The van der Waals surface area contributed by atoms with Crippen LogP contribution in [0.3, 0.4) is 0 Å². The number of rotatable bonds is 7. The van der Waals surface area contributed by atoms with E-state index in [0.717, 1.165) is 24.1 Å². The summed E-state index contributed by atoms with van der Waals surface area (Å²) in [5.41, 5.74) is 2.01. The Hall–Kier alpha value is -2.65. The smallest absolute Gasteiger partial charge is 0.355 e. The lowest BCUT2D eigenvalue weighted by atomic mass is 10.0. The van der Waals surface area contributed by atoms with Crippen LogP contribution < -0.4 is 4.90 Å². The number of esters is 1. The summed E-state index contributed by atoms with van der Waals surface area (Å²) in [5.74, 6) is -1.04. The molecule has 0 bridgehead atoms. The molecule has 0 saturated carbocycles. The van der Waals surface area contributed by atoms with Gasteiger partial charge in [0.15, 0.2) is 6.61 Å². The van der Waals surface area contributed by atoms with Gasteiger partial charge in [-0.25, -0.2) is 13.2 Å². The molecule has 2 aromatic rings. The highest BCUT2D eigenvalue weighted by Gasteiger charge is 2.27. The molecule has 30 heavy (non-hydrogen) atoms. The fourth-order valence-electron chi connectivity index (χ4n) is 3.66. The molecule has 8 nitrogen and oxygen atoms in total. The maximum absolute atomic E-state index is 12.7. The molecule has 0 radical (unpaired) electrons. The number of ether oxygens (including phenoxy) is 1. The summed E-state index contributed by atoms with van der Waals surface area (Å²) in [7, 11) is -2.12. The molecule has 1 aliphatic heterocycles. The highest BCUT2D eigenvalue weighted by molar-refractivity contribution is 7.89. The number of aryl methyl sites for hydroxylation is 2. The molecule has 0 fully saturated rings. The minimum atomic E-state index is -3.69. The van der Waals surface area contributed by atoms with E-state index < -0.39 is 22.6 Å². The van der Waals surface area contributed by atoms with Crippen molar-refractivity contribution >= 4 is 27.6 Å². The largest absolute Gasteiger partial charge is 0.451 e. The number of aromatic nitrogens is 1. The third-order valence-electron chi connectivity index (χ3n) is 5.27. The molecule has 0 unspecified atom stereocenters. The maximum Gasteiger partial charge on any atom is 0.355 e. The van der Waals surface area contributed by atoms with Gasteiger partial charge in [-0.2, -0.15) is 4.31 Å². The minimum Gasteiger partial charge on any atom is -0.451 e. The Morgan fingerprint density at radius 3 is 2.57 bits per heavy atom. The lowest BCUT2D eigenvalue weighted by Crippen LogP contribution is -2.38. The first kappa shape index (κ1) is 22.0. The first-order chi connectivity index (χ1) is 14.3. The molecule has 1 amide bonds. The van der Waals surface area contributed by atoms with Crippen molar-refractivity contribution in [2.24, 2.45) is 7.05 Å². The average Bonchev–Trinajstić information content (AvgIpc) is 3.14. The third kappa shape index (κ3) is 4.27. The molecule has 2 heterocycles. The second kappa shape index (κ2) is 9.01. The van der Waals surface area contributed by atoms with Gasteiger partial charge < -0.3 is 14.2 Å². The predicted octanol–water partition coefficient (Wildman–Crippen LogP) is 2.19. The standard InChI is InChI=1S/C21H27N3O5S/c1-4-23(5-2)30(27,28)17-13-19(22(3)14-17)21(26)29-15-20(25)24-12-8-10-16-9-6-7-11-18(16)24/h6-7,9,11,13-14H,4-5,8,10,12,15H2,1-3H3. The van der Waals surface area contributed by atoms with Crippen molar-refractivity contribution in [2.75, 3.05) is 31.1 Å². The molecule has 0 saturated heterocycles. The second-order valence-corrected chi connectivity index (χ2v) is 9.05. The van der Waals surface area contributed by atoms with E-state index in [4.69, 9.17) is 4.74 Å². The SMILES string of the molecule is CCN(CC)S(=O)(=O)c1cc(C(=O)OCC(=O)N2CCCc3ccccc32)n(C)c1. The quantitative estimate of drug-likeness (QED) is 0.625. The van der Waals surface area contributed by atoms with Crippen LogP contribution in [-0.4, -0.2) is 55.4 Å². The maximum atomic E-state index is 12.7. The fraction of sp³-hybridized carbons (Fsp3) is 0.429. The third-order valence-corrected chi connectivity index (χ3v) is 7.29. The van der Waals surface area contributed by atoms with Gasteiger partial charge >= 0.3 is 5.97 Å².